The van der Waals surface area contributed by atoms with Crippen molar-refractivity contribution in [1.29, 1.82) is 0 Å². The number of allylic oxidation sites excluding steroid dienone is 1. The fourth-order valence-corrected chi connectivity index (χ4v) is 1.97. The second-order valence-corrected chi connectivity index (χ2v) is 3.46. The Balaban J connectivity index is 2.48. The molecule has 1 heterocycles. The lowest BCUT2D eigenvalue weighted by molar-refractivity contribution is 0.404. The van der Waals surface area contributed by atoms with Crippen molar-refractivity contribution in [2.75, 3.05) is 20.1 Å². The largest absolute Gasteiger partial charge is 0.306 e. The van der Waals surface area contributed by atoms with E-state index in [1.54, 1.807) is 5.57 Å². The molecule has 11 heavy (non-hydrogen) atoms. The highest BCUT2D eigenvalue weighted by molar-refractivity contribution is 5.07. The van der Waals surface area contributed by atoms with Crippen LogP contribution in [-0.4, -0.2) is 25.0 Å². The molecule has 0 saturated carbocycles. The molecule has 0 spiro atoms. The molecule has 0 radical (unpaired) electrons. The van der Waals surface area contributed by atoms with Crippen LogP contribution in [0.15, 0.2) is 11.6 Å². The molecule has 1 nitrogen and oxygen atoms in total. The zero-order valence-corrected chi connectivity index (χ0v) is 7.93. The third-order valence-corrected chi connectivity index (χ3v) is 2.69. The average molecular weight is 153 g/mol. The van der Waals surface area contributed by atoms with Gasteiger partial charge in [0.1, 0.15) is 0 Å². The van der Waals surface area contributed by atoms with Gasteiger partial charge in [0.25, 0.3) is 0 Å². The van der Waals surface area contributed by atoms with Gasteiger partial charge in [-0.3, -0.25) is 0 Å². The summed E-state index contributed by atoms with van der Waals surface area (Å²) in [4.78, 5) is 2.42. The number of hydrogen-bond donors (Lipinski definition) is 0. The molecule has 0 aliphatic carbocycles. The first-order chi connectivity index (χ1) is 5.27. The fraction of sp³-hybridized carbons (Fsp3) is 0.800. The van der Waals surface area contributed by atoms with Crippen LogP contribution in [0.1, 0.15) is 26.7 Å². The molecule has 0 aromatic heterocycles. The minimum atomic E-state index is 0.856. The van der Waals surface area contributed by atoms with Gasteiger partial charge in [-0.2, -0.15) is 0 Å². The second kappa shape index (κ2) is 3.91. The molecule has 0 aromatic rings. The molecule has 0 N–H and O–H groups in total. The van der Waals surface area contributed by atoms with Crippen molar-refractivity contribution in [3.63, 3.8) is 0 Å². The molecule has 1 atom stereocenters. The first-order valence-corrected chi connectivity index (χ1v) is 4.61. The Hall–Kier alpha value is -0.300. The maximum absolute atomic E-state index is 2.42. The molecular weight excluding hydrogens is 134 g/mol. The zero-order valence-electron chi connectivity index (χ0n) is 7.93. The quantitative estimate of drug-likeness (QED) is 0.550. The summed E-state index contributed by atoms with van der Waals surface area (Å²) in [5, 5.41) is 0. The van der Waals surface area contributed by atoms with Crippen LogP contribution >= 0.6 is 0 Å². The molecular formula is C10H19N. The van der Waals surface area contributed by atoms with E-state index in [1.165, 1.54) is 25.9 Å². The summed E-state index contributed by atoms with van der Waals surface area (Å²) in [7, 11) is 2.21. The summed E-state index contributed by atoms with van der Waals surface area (Å²) < 4.78 is 0. The lowest BCUT2D eigenvalue weighted by Crippen LogP contribution is -2.14. The highest BCUT2D eigenvalue weighted by Crippen LogP contribution is 2.24. The molecule has 1 heteroatoms. The SMILES string of the molecule is C/C=C(/CC)C1CCN(C)C1. The maximum Gasteiger partial charge on any atom is 0.00444 e. The van der Waals surface area contributed by atoms with Crippen LogP contribution in [0.2, 0.25) is 0 Å². The van der Waals surface area contributed by atoms with Crippen LogP contribution in [0.4, 0.5) is 0 Å². The van der Waals surface area contributed by atoms with Crippen LogP contribution < -0.4 is 0 Å². The first-order valence-electron chi connectivity index (χ1n) is 4.61. The van der Waals surface area contributed by atoms with E-state index < -0.39 is 0 Å². The van der Waals surface area contributed by atoms with Crippen LogP contribution in [-0.2, 0) is 0 Å². The molecule has 1 rings (SSSR count). The highest BCUT2D eigenvalue weighted by atomic mass is 15.1. The summed E-state index contributed by atoms with van der Waals surface area (Å²) in [5.41, 5.74) is 1.65. The van der Waals surface area contributed by atoms with Gasteiger partial charge in [-0.15, -0.1) is 0 Å². The van der Waals surface area contributed by atoms with Crippen LogP contribution in [0.5, 0.6) is 0 Å². The van der Waals surface area contributed by atoms with E-state index >= 15 is 0 Å². The van der Waals surface area contributed by atoms with Gasteiger partial charge in [0.05, 0.1) is 0 Å². The molecule has 64 valence electrons. The molecule has 1 aliphatic heterocycles. The predicted octanol–water partition coefficient (Wildman–Crippen LogP) is 2.29. The van der Waals surface area contributed by atoms with Gasteiger partial charge in [0.2, 0.25) is 0 Å². The minimum Gasteiger partial charge on any atom is -0.306 e. The molecule has 1 fully saturated rings. The van der Waals surface area contributed by atoms with E-state index in [4.69, 9.17) is 0 Å². The van der Waals surface area contributed by atoms with Crippen molar-refractivity contribution in [2.24, 2.45) is 5.92 Å². The van der Waals surface area contributed by atoms with E-state index in [1.807, 2.05) is 0 Å². The van der Waals surface area contributed by atoms with Crippen molar-refractivity contribution in [3.8, 4) is 0 Å². The van der Waals surface area contributed by atoms with Crippen LogP contribution in [0, 0.1) is 5.92 Å². The Labute approximate surface area is 70.1 Å². The number of rotatable bonds is 2. The molecule has 0 bridgehead atoms. The van der Waals surface area contributed by atoms with E-state index in [2.05, 4.69) is 31.9 Å². The Kier molecular flexibility index (Phi) is 3.13. The standard InChI is InChI=1S/C10H19N/c1-4-9(5-2)10-6-7-11(3)8-10/h4,10H,5-8H2,1-3H3/b9-4-. The Morgan fingerprint density at radius 1 is 1.64 bits per heavy atom. The number of likely N-dealkylation sites (tertiary alicyclic amines) is 1. The van der Waals surface area contributed by atoms with E-state index in [0.717, 1.165) is 5.92 Å². The Morgan fingerprint density at radius 2 is 2.36 bits per heavy atom. The van der Waals surface area contributed by atoms with Gasteiger partial charge in [-0.1, -0.05) is 18.6 Å². The highest BCUT2D eigenvalue weighted by Gasteiger charge is 2.20. The maximum atomic E-state index is 2.42. The van der Waals surface area contributed by atoms with Crippen molar-refractivity contribution in [2.45, 2.75) is 26.7 Å². The smallest absolute Gasteiger partial charge is 0.00444 e. The van der Waals surface area contributed by atoms with E-state index in [9.17, 15) is 0 Å². The zero-order chi connectivity index (χ0) is 8.27. The minimum absolute atomic E-state index is 0.856. The van der Waals surface area contributed by atoms with Crippen molar-refractivity contribution >= 4 is 0 Å². The monoisotopic (exact) mass is 153 g/mol. The normalized spacial score (nSPS) is 27.9. The third kappa shape index (κ3) is 2.06. The van der Waals surface area contributed by atoms with Crippen molar-refractivity contribution < 1.29 is 0 Å². The van der Waals surface area contributed by atoms with Gasteiger partial charge >= 0.3 is 0 Å². The van der Waals surface area contributed by atoms with Gasteiger partial charge in [-0.25, -0.2) is 0 Å². The van der Waals surface area contributed by atoms with Crippen LogP contribution in [0.3, 0.4) is 0 Å². The van der Waals surface area contributed by atoms with E-state index in [0.29, 0.717) is 0 Å². The summed E-state index contributed by atoms with van der Waals surface area (Å²) in [6, 6.07) is 0. The van der Waals surface area contributed by atoms with Crippen molar-refractivity contribution in [3.05, 3.63) is 11.6 Å². The lowest BCUT2D eigenvalue weighted by atomic mass is 9.96. The molecule has 0 aromatic carbocycles. The molecule has 1 aliphatic rings. The summed E-state index contributed by atoms with van der Waals surface area (Å²) in [5.74, 6) is 0.856. The first kappa shape index (κ1) is 8.79. The predicted molar refractivity (Wildman–Crippen MR) is 49.7 cm³/mol. The van der Waals surface area contributed by atoms with Gasteiger partial charge < -0.3 is 4.90 Å². The summed E-state index contributed by atoms with van der Waals surface area (Å²) >= 11 is 0. The molecule has 0 amide bonds. The van der Waals surface area contributed by atoms with Gasteiger partial charge in [0.15, 0.2) is 0 Å². The Morgan fingerprint density at radius 3 is 2.73 bits per heavy atom. The topological polar surface area (TPSA) is 3.24 Å². The van der Waals surface area contributed by atoms with Crippen molar-refractivity contribution in [1.82, 2.24) is 4.90 Å². The van der Waals surface area contributed by atoms with E-state index in [-0.39, 0.29) is 0 Å². The molecule has 1 unspecified atom stereocenters. The summed E-state index contributed by atoms with van der Waals surface area (Å²) in [6.45, 7) is 6.97. The third-order valence-electron chi connectivity index (χ3n) is 2.69. The lowest BCUT2D eigenvalue weighted by Gasteiger charge is -2.12. The average Bonchev–Trinajstić information content (AvgIpc) is 2.39. The molecule has 1 saturated heterocycles. The Bertz CT molecular complexity index is 149. The number of nitrogens with zero attached hydrogens (tertiary/aromatic N) is 1. The second-order valence-electron chi connectivity index (χ2n) is 3.46. The summed E-state index contributed by atoms with van der Waals surface area (Å²) in [6.07, 6.45) is 4.89. The van der Waals surface area contributed by atoms with Crippen LogP contribution in [0.25, 0.3) is 0 Å². The number of hydrogen-bond acceptors (Lipinski definition) is 1. The fourth-order valence-electron chi connectivity index (χ4n) is 1.97. The van der Waals surface area contributed by atoms with Gasteiger partial charge in [-0.05, 0) is 39.3 Å². The van der Waals surface area contributed by atoms with Gasteiger partial charge in [0, 0.05) is 6.54 Å².